The first-order chi connectivity index (χ1) is 8.38. The van der Waals surface area contributed by atoms with Gasteiger partial charge in [0.05, 0.1) is 11.4 Å². The van der Waals surface area contributed by atoms with Crippen molar-refractivity contribution in [3.63, 3.8) is 0 Å². The van der Waals surface area contributed by atoms with Gasteiger partial charge in [0.1, 0.15) is 0 Å². The maximum atomic E-state index is 12.1. The van der Waals surface area contributed by atoms with Gasteiger partial charge in [-0.05, 0) is 25.1 Å². The molecule has 0 unspecified atom stereocenters. The Bertz CT molecular complexity index is 683. The number of thiazole rings is 1. The molecule has 0 amide bonds. The molecule has 1 aromatic carbocycles. The summed E-state index contributed by atoms with van der Waals surface area (Å²) in [5, 5.41) is 0.453. The number of hydrogen-bond donors (Lipinski definition) is 1. The fourth-order valence-electron chi connectivity index (χ4n) is 1.35. The summed E-state index contributed by atoms with van der Waals surface area (Å²) in [5.41, 5.74) is 0.769. The zero-order valence-corrected chi connectivity index (χ0v) is 12.3. The summed E-state index contributed by atoms with van der Waals surface area (Å²) in [5.74, 6) is 0. The van der Waals surface area contributed by atoms with E-state index in [2.05, 4.69) is 9.71 Å². The molecule has 1 N–H and O–H groups in total. The molecule has 2 rings (SSSR count). The smallest absolute Gasteiger partial charge is 0.273 e. The van der Waals surface area contributed by atoms with Crippen molar-refractivity contribution in [1.82, 2.24) is 4.98 Å². The van der Waals surface area contributed by atoms with Crippen molar-refractivity contribution in [2.75, 3.05) is 4.72 Å². The first-order valence-electron chi connectivity index (χ1n) is 4.80. The topological polar surface area (TPSA) is 59.1 Å². The number of anilines is 1. The third kappa shape index (κ3) is 2.95. The molecule has 0 aliphatic rings. The van der Waals surface area contributed by atoms with Gasteiger partial charge in [-0.2, -0.15) is 0 Å². The van der Waals surface area contributed by atoms with Crippen molar-refractivity contribution < 1.29 is 8.42 Å². The van der Waals surface area contributed by atoms with Crippen LogP contribution in [-0.4, -0.2) is 13.4 Å². The lowest BCUT2D eigenvalue weighted by atomic mass is 10.3. The summed E-state index contributed by atoms with van der Waals surface area (Å²) in [6, 6.07) is 6.46. The van der Waals surface area contributed by atoms with Crippen LogP contribution >= 0.6 is 34.5 Å². The summed E-state index contributed by atoms with van der Waals surface area (Å²) < 4.78 is 26.9. The van der Waals surface area contributed by atoms with Gasteiger partial charge in [-0.25, -0.2) is 13.4 Å². The van der Waals surface area contributed by atoms with Crippen LogP contribution in [0.3, 0.4) is 0 Å². The number of nitrogens with one attached hydrogen (secondary N) is 1. The van der Waals surface area contributed by atoms with Gasteiger partial charge < -0.3 is 0 Å². The Morgan fingerprint density at radius 1 is 1.33 bits per heavy atom. The van der Waals surface area contributed by atoms with E-state index in [4.69, 9.17) is 23.2 Å². The number of aromatic nitrogens is 1. The van der Waals surface area contributed by atoms with Crippen molar-refractivity contribution in [2.24, 2.45) is 0 Å². The van der Waals surface area contributed by atoms with Gasteiger partial charge in [0, 0.05) is 5.02 Å². The molecule has 0 saturated carbocycles. The Labute approximate surface area is 119 Å². The van der Waals surface area contributed by atoms with Crippen molar-refractivity contribution >= 4 is 50.2 Å². The van der Waals surface area contributed by atoms with Crippen LogP contribution in [-0.2, 0) is 10.0 Å². The average molecular weight is 323 g/mol. The van der Waals surface area contributed by atoms with Crippen LogP contribution in [0.25, 0.3) is 0 Å². The highest BCUT2D eigenvalue weighted by atomic mass is 35.5. The quantitative estimate of drug-likeness (QED) is 0.939. The third-order valence-electron chi connectivity index (χ3n) is 2.05. The third-order valence-corrected chi connectivity index (χ3v) is 5.54. The van der Waals surface area contributed by atoms with Crippen LogP contribution < -0.4 is 4.72 Å². The van der Waals surface area contributed by atoms with E-state index in [1.807, 2.05) is 0 Å². The number of hydrogen-bond acceptors (Lipinski definition) is 4. The molecule has 0 aliphatic heterocycles. The number of aryl methyl sites for hydroxylation is 1. The molecule has 96 valence electrons. The number of nitrogens with zero attached hydrogens (tertiary/aromatic N) is 1. The van der Waals surface area contributed by atoms with Crippen LogP contribution in [0.5, 0.6) is 0 Å². The normalized spacial score (nSPS) is 11.5. The second kappa shape index (κ2) is 5.05. The fraction of sp³-hybridized carbons (Fsp3) is 0.100. The highest BCUT2D eigenvalue weighted by Crippen LogP contribution is 2.28. The first-order valence-corrected chi connectivity index (χ1v) is 7.85. The second-order valence-electron chi connectivity index (χ2n) is 3.46. The number of sulfonamides is 1. The molecule has 1 heterocycles. The molecule has 2 aromatic rings. The van der Waals surface area contributed by atoms with Gasteiger partial charge in [0.25, 0.3) is 10.0 Å². The molecular weight excluding hydrogens is 315 g/mol. The van der Waals surface area contributed by atoms with Gasteiger partial charge in [-0.1, -0.05) is 40.6 Å². The summed E-state index contributed by atoms with van der Waals surface area (Å²) in [7, 11) is -3.68. The van der Waals surface area contributed by atoms with Gasteiger partial charge in [-0.15, -0.1) is 0 Å². The molecule has 0 fully saturated rings. The molecule has 8 heteroatoms. The molecule has 0 aliphatic carbocycles. The van der Waals surface area contributed by atoms with E-state index in [9.17, 15) is 8.42 Å². The molecule has 0 spiro atoms. The first kappa shape index (κ1) is 13.6. The predicted octanol–water partition coefficient (Wildman–Crippen LogP) is 3.56. The number of rotatable bonds is 3. The minimum atomic E-state index is -3.68. The maximum absolute atomic E-state index is 12.1. The zero-order chi connectivity index (χ0) is 13.3. The van der Waals surface area contributed by atoms with Gasteiger partial charge in [0.2, 0.25) is 0 Å². The lowest BCUT2D eigenvalue weighted by molar-refractivity contribution is 0.602. The Kier molecular flexibility index (Phi) is 3.82. The van der Waals surface area contributed by atoms with Crippen molar-refractivity contribution in [1.29, 1.82) is 0 Å². The summed E-state index contributed by atoms with van der Waals surface area (Å²) in [4.78, 5) is 3.88. The number of benzene rings is 1. The van der Waals surface area contributed by atoms with Crippen molar-refractivity contribution in [3.05, 3.63) is 39.4 Å². The second-order valence-corrected chi connectivity index (χ2v) is 7.35. The van der Waals surface area contributed by atoms with E-state index in [0.717, 1.165) is 11.3 Å². The van der Waals surface area contributed by atoms with Crippen LogP contribution in [0.2, 0.25) is 9.49 Å². The van der Waals surface area contributed by atoms with Gasteiger partial charge >= 0.3 is 0 Å². The summed E-state index contributed by atoms with van der Waals surface area (Å²) in [6.07, 6.45) is 0. The van der Waals surface area contributed by atoms with Crippen LogP contribution in [0.4, 0.5) is 5.69 Å². The monoisotopic (exact) mass is 322 g/mol. The Hall–Kier alpha value is -0.820. The van der Waals surface area contributed by atoms with Crippen LogP contribution in [0, 0.1) is 6.92 Å². The molecule has 18 heavy (non-hydrogen) atoms. The lowest BCUT2D eigenvalue weighted by Gasteiger charge is -2.06. The van der Waals surface area contributed by atoms with E-state index in [0.29, 0.717) is 16.4 Å². The SMILES string of the molecule is Cc1nc(Cl)sc1S(=O)(=O)Nc1cccc(Cl)c1. The molecule has 1 aromatic heterocycles. The summed E-state index contributed by atoms with van der Waals surface area (Å²) in [6.45, 7) is 1.59. The van der Waals surface area contributed by atoms with Gasteiger partial charge in [-0.3, -0.25) is 4.72 Å². The van der Waals surface area contributed by atoms with Gasteiger partial charge in [0.15, 0.2) is 8.68 Å². The predicted molar refractivity (Wildman–Crippen MR) is 74.1 cm³/mol. The minimum Gasteiger partial charge on any atom is -0.279 e. The van der Waals surface area contributed by atoms with Crippen molar-refractivity contribution in [3.8, 4) is 0 Å². The average Bonchev–Trinajstić information content (AvgIpc) is 2.58. The maximum Gasteiger partial charge on any atom is 0.273 e. The molecule has 4 nitrogen and oxygen atoms in total. The lowest BCUT2D eigenvalue weighted by Crippen LogP contribution is -2.12. The van der Waals surface area contributed by atoms with E-state index in [-0.39, 0.29) is 8.68 Å². The molecule has 0 bridgehead atoms. The van der Waals surface area contributed by atoms with E-state index >= 15 is 0 Å². The molecule has 0 atom stereocenters. The highest BCUT2D eigenvalue weighted by Gasteiger charge is 2.21. The van der Waals surface area contributed by atoms with E-state index < -0.39 is 10.0 Å². The zero-order valence-electron chi connectivity index (χ0n) is 9.15. The molecule has 0 radical (unpaired) electrons. The van der Waals surface area contributed by atoms with E-state index in [1.54, 1.807) is 25.1 Å². The van der Waals surface area contributed by atoms with E-state index in [1.165, 1.54) is 6.07 Å². The Morgan fingerprint density at radius 2 is 2.06 bits per heavy atom. The Morgan fingerprint density at radius 3 is 2.61 bits per heavy atom. The fourth-order valence-corrected chi connectivity index (χ4v) is 4.33. The Balaban J connectivity index is 2.36. The number of halogens is 2. The summed E-state index contributed by atoms with van der Waals surface area (Å²) >= 11 is 12.4. The van der Waals surface area contributed by atoms with Crippen molar-refractivity contribution in [2.45, 2.75) is 11.1 Å². The van der Waals surface area contributed by atoms with Crippen LogP contribution in [0.15, 0.2) is 28.5 Å². The highest BCUT2D eigenvalue weighted by molar-refractivity contribution is 7.94. The largest absolute Gasteiger partial charge is 0.279 e. The molecule has 0 saturated heterocycles. The van der Waals surface area contributed by atoms with Crippen LogP contribution in [0.1, 0.15) is 5.69 Å². The standard InChI is InChI=1S/C10H8Cl2N2O2S2/c1-6-9(17-10(12)13-6)18(15,16)14-8-4-2-3-7(11)5-8/h2-5,14H,1H3. The minimum absolute atomic E-state index is 0.104. The molecular formula is C10H8Cl2N2O2S2.